The van der Waals surface area contributed by atoms with Crippen molar-refractivity contribution >= 4 is 17.3 Å². The van der Waals surface area contributed by atoms with Crippen LogP contribution < -0.4 is 10.6 Å². The molecule has 1 aliphatic heterocycles. The van der Waals surface area contributed by atoms with Crippen LogP contribution in [0.4, 0.5) is 11.4 Å². The minimum Gasteiger partial charge on any atom is -0.324 e. The van der Waals surface area contributed by atoms with E-state index in [9.17, 15) is 14.9 Å². The third-order valence-corrected chi connectivity index (χ3v) is 2.78. The molecule has 6 nitrogen and oxygen atoms in total. The molecule has 0 fully saturated rings. The van der Waals surface area contributed by atoms with Crippen LogP contribution in [0.15, 0.2) is 12.1 Å². The van der Waals surface area contributed by atoms with Gasteiger partial charge < -0.3 is 10.6 Å². The minimum absolute atomic E-state index is 0.0239. The molecule has 0 aromatic heterocycles. The molecular weight excluding hydrogens is 210 g/mol. The van der Waals surface area contributed by atoms with Crippen LogP contribution in [0.2, 0.25) is 0 Å². The number of benzene rings is 1. The highest BCUT2D eigenvalue weighted by molar-refractivity contribution is 6.04. The van der Waals surface area contributed by atoms with Crippen molar-refractivity contribution in [1.82, 2.24) is 5.32 Å². The van der Waals surface area contributed by atoms with Crippen LogP contribution in [-0.2, 0) is 4.79 Å². The van der Waals surface area contributed by atoms with E-state index in [-0.39, 0.29) is 11.6 Å². The third kappa shape index (κ3) is 1.35. The van der Waals surface area contributed by atoms with Crippen LogP contribution >= 0.6 is 0 Å². The van der Waals surface area contributed by atoms with Crippen molar-refractivity contribution in [2.75, 3.05) is 12.4 Å². The minimum atomic E-state index is -0.450. The van der Waals surface area contributed by atoms with Crippen molar-refractivity contribution in [3.8, 4) is 0 Å². The average molecular weight is 221 g/mol. The van der Waals surface area contributed by atoms with Crippen molar-refractivity contribution in [2.24, 2.45) is 0 Å². The summed E-state index contributed by atoms with van der Waals surface area (Å²) >= 11 is 0. The number of rotatable bonds is 2. The average Bonchev–Trinajstić information content (AvgIpc) is 2.55. The number of fused-ring (bicyclic) bond motifs is 1. The quantitative estimate of drug-likeness (QED) is 0.578. The van der Waals surface area contributed by atoms with Gasteiger partial charge in [-0.1, -0.05) is 0 Å². The van der Waals surface area contributed by atoms with Crippen molar-refractivity contribution in [3.63, 3.8) is 0 Å². The Hall–Kier alpha value is -1.95. The second-order valence-electron chi connectivity index (χ2n) is 3.64. The number of hydrogen-bond acceptors (Lipinski definition) is 4. The van der Waals surface area contributed by atoms with E-state index in [4.69, 9.17) is 0 Å². The first-order valence-corrected chi connectivity index (χ1v) is 4.82. The third-order valence-electron chi connectivity index (χ3n) is 2.78. The number of carbonyl (C=O) groups is 1. The fourth-order valence-corrected chi connectivity index (χ4v) is 1.95. The highest BCUT2D eigenvalue weighted by Gasteiger charge is 2.32. The second kappa shape index (κ2) is 3.57. The molecule has 84 valence electrons. The molecule has 0 saturated heterocycles. The Labute approximate surface area is 91.8 Å². The Balaban J connectivity index is 2.58. The van der Waals surface area contributed by atoms with Crippen molar-refractivity contribution in [1.29, 1.82) is 0 Å². The summed E-state index contributed by atoms with van der Waals surface area (Å²) in [6, 6.07) is 2.62. The van der Waals surface area contributed by atoms with Crippen LogP contribution in [0, 0.1) is 17.0 Å². The highest BCUT2D eigenvalue weighted by Crippen LogP contribution is 2.37. The maximum Gasteiger partial charge on any atom is 0.274 e. The summed E-state index contributed by atoms with van der Waals surface area (Å²) in [5.41, 5.74) is 1.83. The zero-order valence-corrected chi connectivity index (χ0v) is 8.90. The van der Waals surface area contributed by atoms with Crippen molar-refractivity contribution in [3.05, 3.63) is 33.4 Å². The molecule has 6 heteroatoms. The first kappa shape index (κ1) is 10.6. The monoisotopic (exact) mass is 221 g/mol. The summed E-state index contributed by atoms with van der Waals surface area (Å²) in [4.78, 5) is 21.8. The lowest BCUT2D eigenvalue weighted by Gasteiger charge is -2.07. The number of amides is 1. The number of hydrogen-bond donors (Lipinski definition) is 2. The summed E-state index contributed by atoms with van der Waals surface area (Å²) in [7, 11) is 1.68. The van der Waals surface area contributed by atoms with Crippen LogP contribution in [0.1, 0.15) is 17.2 Å². The Morgan fingerprint density at radius 3 is 2.75 bits per heavy atom. The number of carbonyl (C=O) groups excluding carboxylic acids is 1. The van der Waals surface area contributed by atoms with Gasteiger partial charge in [0.1, 0.15) is 6.04 Å². The van der Waals surface area contributed by atoms with E-state index in [1.807, 2.05) is 0 Å². The predicted molar refractivity (Wildman–Crippen MR) is 58.3 cm³/mol. The number of nitro benzene ring substituents is 1. The first-order chi connectivity index (χ1) is 7.56. The highest BCUT2D eigenvalue weighted by atomic mass is 16.6. The number of likely N-dealkylation sites (N-methyl/N-ethyl adjacent to an activating group) is 1. The molecule has 1 atom stereocenters. The molecule has 0 bridgehead atoms. The molecule has 0 aliphatic carbocycles. The summed E-state index contributed by atoms with van der Waals surface area (Å²) in [5.74, 6) is -0.180. The molecule has 16 heavy (non-hydrogen) atoms. The lowest BCUT2D eigenvalue weighted by Crippen LogP contribution is -2.23. The van der Waals surface area contributed by atoms with Gasteiger partial charge in [-0.05, 0) is 20.0 Å². The van der Waals surface area contributed by atoms with Gasteiger partial charge in [-0.2, -0.15) is 0 Å². The second-order valence-corrected chi connectivity index (χ2v) is 3.64. The number of anilines is 1. The van der Waals surface area contributed by atoms with Crippen molar-refractivity contribution in [2.45, 2.75) is 13.0 Å². The van der Waals surface area contributed by atoms with E-state index < -0.39 is 11.0 Å². The van der Waals surface area contributed by atoms with Gasteiger partial charge in [-0.15, -0.1) is 0 Å². The molecule has 1 aromatic carbocycles. The predicted octanol–water partition coefficient (Wildman–Crippen LogP) is 1.12. The van der Waals surface area contributed by atoms with E-state index in [0.717, 1.165) is 5.56 Å². The summed E-state index contributed by atoms with van der Waals surface area (Å²) in [5, 5.41) is 16.3. The van der Waals surface area contributed by atoms with Crippen LogP contribution in [0.5, 0.6) is 0 Å². The first-order valence-electron chi connectivity index (χ1n) is 4.82. The Bertz CT molecular complexity index is 484. The fourth-order valence-electron chi connectivity index (χ4n) is 1.95. The lowest BCUT2D eigenvalue weighted by atomic mass is 10.0. The molecule has 2 rings (SSSR count). The van der Waals surface area contributed by atoms with Gasteiger partial charge in [-0.3, -0.25) is 14.9 Å². The molecule has 0 radical (unpaired) electrons. The fraction of sp³-hybridized carbons (Fsp3) is 0.300. The molecule has 2 N–H and O–H groups in total. The van der Waals surface area contributed by atoms with Crippen molar-refractivity contribution < 1.29 is 9.72 Å². The van der Waals surface area contributed by atoms with E-state index >= 15 is 0 Å². The maximum atomic E-state index is 11.6. The summed E-state index contributed by atoms with van der Waals surface area (Å²) in [6.07, 6.45) is 0. The zero-order valence-electron chi connectivity index (χ0n) is 8.90. The number of nitrogens with zero attached hydrogens (tertiary/aromatic N) is 1. The van der Waals surface area contributed by atoms with E-state index in [1.165, 1.54) is 6.07 Å². The lowest BCUT2D eigenvalue weighted by molar-refractivity contribution is -0.385. The largest absolute Gasteiger partial charge is 0.324 e. The number of nitrogens with one attached hydrogen (secondary N) is 2. The van der Waals surface area contributed by atoms with E-state index in [2.05, 4.69) is 10.6 Å². The molecule has 0 saturated carbocycles. The molecule has 1 unspecified atom stereocenters. The smallest absolute Gasteiger partial charge is 0.274 e. The zero-order chi connectivity index (χ0) is 11.9. The standard InChI is InChI=1S/C10H11N3O3/c1-5-7(13(15)16)4-3-6-8(5)12-10(14)9(6)11-2/h3-4,9,11H,1-2H3,(H,12,14). The van der Waals surface area contributed by atoms with Gasteiger partial charge in [0.05, 0.1) is 16.2 Å². The molecule has 1 aliphatic rings. The van der Waals surface area contributed by atoms with Crippen LogP contribution in [0.25, 0.3) is 0 Å². The Morgan fingerprint density at radius 1 is 1.50 bits per heavy atom. The maximum absolute atomic E-state index is 11.6. The molecule has 1 aromatic rings. The van der Waals surface area contributed by atoms with Crippen LogP contribution in [0.3, 0.4) is 0 Å². The molecular formula is C10H11N3O3. The topological polar surface area (TPSA) is 84.3 Å². The van der Waals surface area contributed by atoms with Crippen LogP contribution in [-0.4, -0.2) is 17.9 Å². The summed E-state index contributed by atoms with van der Waals surface area (Å²) < 4.78 is 0. The normalized spacial score (nSPS) is 18.1. The number of nitro groups is 1. The van der Waals surface area contributed by atoms with Gasteiger partial charge in [0.25, 0.3) is 5.69 Å². The van der Waals surface area contributed by atoms with E-state index in [0.29, 0.717) is 11.3 Å². The Morgan fingerprint density at radius 2 is 2.19 bits per heavy atom. The molecule has 1 amide bonds. The van der Waals surface area contributed by atoms with Gasteiger partial charge in [0.15, 0.2) is 0 Å². The van der Waals surface area contributed by atoms with Gasteiger partial charge in [0, 0.05) is 11.6 Å². The SMILES string of the molecule is CNC1C(=O)Nc2c1ccc([N+](=O)[O-])c2C. The van der Waals surface area contributed by atoms with E-state index in [1.54, 1.807) is 20.0 Å². The van der Waals surface area contributed by atoms with Gasteiger partial charge >= 0.3 is 0 Å². The summed E-state index contributed by atoms with van der Waals surface area (Å²) in [6.45, 7) is 1.63. The Kier molecular flexibility index (Phi) is 2.35. The van der Waals surface area contributed by atoms with Gasteiger partial charge in [0.2, 0.25) is 5.91 Å². The molecule has 1 heterocycles. The molecule has 0 spiro atoms. The van der Waals surface area contributed by atoms with Gasteiger partial charge in [-0.25, -0.2) is 0 Å².